The lowest BCUT2D eigenvalue weighted by Crippen LogP contribution is -2.32. The number of para-hydroxylation sites is 1. The van der Waals surface area contributed by atoms with E-state index in [1.807, 2.05) is 45.1 Å². The summed E-state index contributed by atoms with van der Waals surface area (Å²) in [5, 5.41) is 3.29. The minimum atomic E-state index is -0.511. The van der Waals surface area contributed by atoms with Gasteiger partial charge >= 0.3 is 6.09 Å². The molecule has 0 aliphatic heterocycles. The zero-order valence-corrected chi connectivity index (χ0v) is 13.0. The molecule has 1 heterocycles. The van der Waals surface area contributed by atoms with Gasteiger partial charge in [0.25, 0.3) is 0 Å². The first-order valence-electron chi connectivity index (χ1n) is 7.11. The second-order valence-corrected chi connectivity index (χ2v) is 5.90. The Morgan fingerprint density at radius 3 is 2.82 bits per heavy atom. The van der Waals surface area contributed by atoms with Crippen LogP contribution in [0.5, 0.6) is 0 Å². The Balaban J connectivity index is 2.04. The molecule has 0 atom stereocenters. The Bertz CT molecular complexity index is 754. The SMILES string of the molecule is CC(C)(C)OC(=O)NCC=Cc1cccc2c(=O)cc[nH]c12. The quantitative estimate of drug-likeness (QED) is 0.915. The zero-order valence-electron chi connectivity index (χ0n) is 13.0. The highest BCUT2D eigenvalue weighted by Crippen LogP contribution is 2.14. The summed E-state index contributed by atoms with van der Waals surface area (Å²) < 4.78 is 5.14. The number of aromatic nitrogens is 1. The highest BCUT2D eigenvalue weighted by atomic mass is 16.6. The van der Waals surface area contributed by atoms with Crippen LogP contribution in [-0.2, 0) is 4.74 Å². The number of carbonyl (C=O) groups is 1. The van der Waals surface area contributed by atoms with Crippen LogP contribution in [0.2, 0.25) is 0 Å². The number of H-pyrrole nitrogens is 1. The molecule has 1 amide bonds. The summed E-state index contributed by atoms with van der Waals surface area (Å²) in [5.41, 5.74) is 1.14. The van der Waals surface area contributed by atoms with E-state index in [0.717, 1.165) is 11.1 Å². The average Bonchev–Trinajstić information content (AvgIpc) is 2.42. The molecular formula is C17H20N2O3. The van der Waals surface area contributed by atoms with Crippen LogP contribution in [0.15, 0.2) is 41.3 Å². The predicted octanol–water partition coefficient (Wildman–Crippen LogP) is 3.07. The van der Waals surface area contributed by atoms with Crippen LogP contribution in [-0.4, -0.2) is 23.2 Å². The van der Waals surface area contributed by atoms with Crippen molar-refractivity contribution in [3.8, 4) is 0 Å². The van der Waals surface area contributed by atoms with Crippen molar-refractivity contribution in [1.29, 1.82) is 0 Å². The molecule has 0 fully saturated rings. The van der Waals surface area contributed by atoms with Crippen LogP contribution in [0.25, 0.3) is 17.0 Å². The van der Waals surface area contributed by atoms with Crippen LogP contribution in [0.4, 0.5) is 4.79 Å². The largest absolute Gasteiger partial charge is 0.444 e. The number of hydrogen-bond acceptors (Lipinski definition) is 3. The third-order valence-corrected chi connectivity index (χ3v) is 2.89. The number of pyridine rings is 1. The number of rotatable bonds is 3. The van der Waals surface area contributed by atoms with Crippen molar-refractivity contribution in [3.63, 3.8) is 0 Å². The van der Waals surface area contributed by atoms with E-state index in [1.165, 1.54) is 6.07 Å². The number of amides is 1. The monoisotopic (exact) mass is 300 g/mol. The minimum absolute atomic E-state index is 0.0177. The Labute approximate surface area is 129 Å². The fraction of sp³-hybridized carbons (Fsp3) is 0.294. The minimum Gasteiger partial charge on any atom is -0.444 e. The standard InChI is InChI=1S/C17H20N2O3/c1-17(2,3)22-16(21)19-10-5-7-12-6-4-8-13-14(20)9-11-18-15(12)13/h4-9,11H,10H2,1-3H3,(H,18,20)(H,19,21). The summed E-state index contributed by atoms with van der Waals surface area (Å²) in [4.78, 5) is 26.4. The smallest absolute Gasteiger partial charge is 0.407 e. The van der Waals surface area contributed by atoms with Gasteiger partial charge in [-0.1, -0.05) is 24.3 Å². The molecule has 0 bridgehead atoms. The Hall–Kier alpha value is -2.56. The molecule has 1 aromatic carbocycles. The zero-order chi connectivity index (χ0) is 16.2. The van der Waals surface area contributed by atoms with E-state index < -0.39 is 11.7 Å². The number of aromatic amines is 1. The van der Waals surface area contributed by atoms with Crippen LogP contribution >= 0.6 is 0 Å². The van der Waals surface area contributed by atoms with Gasteiger partial charge in [-0.2, -0.15) is 0 Å². The molecule has 2 aromatic rings. The van der Waals surface area contributed by atoms with Gasteiger partial charge in [0, 0.05) is 24.2 Å². The number of fused-ring (bicyclic) bond motifs is 1. The van der Waals surface area contributed by atoms with Crippen molar-refractivity contribution in [2.24, 2.45) is 0 Å². The molecule has 0 spiro atoms. The summed E-state index contributed by atoms with van der Waals surface area (Å²) >= 11 is 0. The van der Waals surface area contributed by atoms with E-state index in [-0.39, 0.29) is 5.43 Å². The van der Waals surface area contributed by atoms with Crippen molar-refractivity contribution < 1.29 is 9.53 Å². The molecule has 1 aromatic heterocycles. The first-order chi connectivity index (χ1) is 10.4. The summed E-state index contributed by atoms with van der Waals surface area (Å²) in [6.07, 6.45) is 4.84. The molecular weight excluding hydrogens is 280 g/mol. The Kier molecular flexibility index (Phi) is 4.65. The van der Waals surface area contributed by atoms with Crippen LogP contribution in [0.3, 0.4) is 0 Å². The van der Waals surface area contributed by atoms with Gasteiger partial charge in [0.05, 0.1) is 5.52 Å². The highest BCUT2D eigenvalue weighted by molar-refractivity contribution is 5.86. The maximum Gasteiger partial charge on any atom is 0.407 e. The van der Waals surface area contributed by atoms with Gasteiger partial charge in [0.1, 0.15) is 5.60 Å². The van der Waals surface area contributed by atoms with Crippen LogP contribution in [0, 0.1) is 0 Å². The molecule has 0 radical (unpaired) electrons. The summed E-state index contributed by atoms with van der Waals surface area (Å²) in [6.45, 7) is 5.79. The van der Waals surface area contributed by atoms with Crippen molar-refractivity contribution in [2.75, 3.05) is 6.54 Å². The maximum absolute atomic E-state index is 11.8. The number of alkyl carbamates (subject to hydrolysis) is 1. The second kappa shape index (κ2) is 6.47. The van der Waals surface area contributed by atoms with Gasteiger partial charge in [-0.05, 0) is 32.4 Å². The van der Waals surface area contributed by atoms with E-state index in [9.17, 15) is 9.59 Å². The third kappa shape index (κ3) is 4.22. The molecule has 2 N–H and O–H groups in total. The predicted molar refractivity (Wildman–Crippen MR) is 87.8 cm³/mol. The number of carbonyl (C=O) groups excluding carboxylic acids is 1. The molecule has 22 heavy (non-hydrogen) atoms. The molecule has 0 saturated heterocycles. The Morgan fingerprint density at radius 1 is 1.32 bits per heavy atom. The number of ether oxygens (including phenoxy) is 1. The first kappa shape index (κ1) is 15.8. The van der Waals surface area contributed by atoms with Crippen molar-refractivity contribution in [1.82, 2.24) is 10.3 Å². The molecule has 5 heteroatoms. The molecule has 116 valence electrons. The van der Waals surface area contributed by atoms with Crippen LogP contribution in [0.1, 0.15) is 26.3 Å². The van der Waals surface area contributed by atoms with Gasteiger partial charge in [-0.3, -0.25) is 4.79 Å². The van der Waals surface area contributed by atoms with Crippen LogP contribution < -0.4 is 10.7 Å². The lowest BCUT2D eigenvalue weighted by Gasteiger charge is -2.19. The lowest BCUT2D eigenvalue weighted by molar-refractivity contribution is 0.0534. The average molecular weight is 300 g/mol. The van der Waals surface area contributed by atoms with Crippen molar-refractivity contribution in [3.05, 3.63) is 52.3 Å². The summed E-state index contributed by atoms with van der Waals surface area (Å²) in [7, 11) is 0. The molecule has 0 aliphatic carbocycles. The lowest BCUT2D eigenvalue weighted by atomic mass is 10.1. The number of nitrogens with one attached hydrogen (secondary N) is 2. The van der Waals surface area contributed by atoms with Gasteiger partial charge in [0.15, 0.2) is 5.43 Å². The van der Waals surface area contributed by atoms with Crippen molar-refractivity contribution in [2.45, 2.75) is 26.4 Å². The topological polar surface area (TPSA) is 71.2 Å². The molecule has 0 saturated carbocycles. The number of hydrogen-bond donors (Lipinski definition) is 2. The number of benzene rings is 1. The normalized spacial score (nSPS) is 11.8. The fourth-order valence-electron chi connectivity index (χ4n) is 2.01. The Morgan fingerprint density at radius 2 is 2.09 bits per heavy atom. The third-order valence-electron chi connectivity index (χ3n) is 2.89. The van der Waals surface area contributed by atoms with Gasteiger partial charge in [-0.15, -0.1) is 0 Å². The van der Waals surface area contributed by atoms with E-state index >= 15 is 0 Å². The van der Waals surface area contributed by atoms with E-state index in [4.69, 9.17) is 4.74 Å². The molecule has 2 rings (SSSR count). The first-order valence-corrected chi connectivity index (χ1v) is 7.11. The summed E-state index contributed by atoms with van der Waals surface area (Å²) in [5.74, 6) is 0. The summed E-state index contributed by atoms with van der Waals surface area (Å²) in [6, 6.07) is 7.02. The highest BCUT2D eigenvalue weighted by Gasteiger charge is 2.14. The van der Waals surface area contributed by atoms with Gasteiger partial charge in [-0.25, -0.2) is 4.79 Å². The molecule has 0 unspecified atom stereocenters. The van der Waals surface area contributed by atoms with Gasteiger partial charge < -0.3 is 15.0 Å². The van der Waals surface area contributed by atoms with E-state index in [0.29, 0.717) is 11.9 Å². The van der Waals surface area contributed by atoms with Gasteiger partial charge in [0.2, 0.25) is 0 Å². The molecule has 0 aliphatic rings. The van der Waals surface area contributed by atoms with Crippen molar-refractivity contribution >= 4 is 23.1 Å². The maximum atomic E-state index is 11.8. The van der Waals surface area contributed by atoms with E-state index in [2.05, 4.69) is 10.3 Å². The molecule has 5 nitrogen and oxygen atoms in total. The van der Waals surface area contributed by atoms with E-state index in [1.54, 1.807) is 12.3 Å². The fourth-order valence-corrected chi connectivity index (χ4v) is 2.01. The second-order valence-electron chi connectivity index (χ2n) is 5.90.